The molecule has 2 N–H and O–H groups in total. The fraction of sp³-hybridized carbons (Fsp3) is 0.774. The molecule has 1 aromatic carbocycles. The van der Waals surface area contributed by atoms with Gasteiger partial charge in [-0.2, -0.15) is 0 Å². The molecule has 0 aromatic heterocycles. The molecule has 69 heavy (non-hydrogen) atoms. The van der Waals surface area contributed by atoms with Crippen molar-refractivity contribution in [2.75, 3.05) is 73.1 Å². The van der Waals surface area contributed by atoms with Gasteiger partial charge in [-0.25, -0.2) is 10.0 Å². The minimum atomic E-state index is -0.305. The number of carbonyl (C=O) groups excluding carboxylic acids is 6. The van der Waals surface area contributed by atoms with Gasteiger partial charge in [0.25, 0.3) is 0 Å². The largest absolute Gasteiger partial charge is 0.465 e. The van der Waals surface area contributed by atoms with Crippen molar-refractivity contribution in [2.24, 2.45) is 47.3 Å². The second kappa shape index (κ2) is 25.5. The molecule has 1 unspecified atom stereocenters. The maximum atomic E-state index is 14.1. The number of benzene rings is 1. The zero-order chi connectivity index (χ0) is 49.0. The van der Waals surface area contributed by atoms with Gasteiger partial charge in [-0.3, -0.25) is 39.6 Å². The van der Waals surface area contributed by atoms with Crippen LogP contribution in [0.3, 0.4) is 0 Å². The molecule has 2 saturated heterocycles. The fourth-order valence-corrected chi connectivity index (χ4v) is 11.4. The van der Waals surface area contributed by atoms with Crippen LogP contribution in [0.1, 0.15) is 135 Å². The molecule has 2 heterocycles. The quantitative estimate of drug-likeness (QED) is 0.132. The van der Waals surface area contributed by atoms with Gasteiger partial charge in [-0.15, -0.1) is 0 Å². The fourth-order valence-electron chi connectivity index (χ4n) is 11.4. The monoisotopic (exact) mass is 963 g/mol. The Morgan fingerprint density at radius 1 is 0.507 bits per heavy atom. The van der Waals surface area contributed by atoms with Gasteiger partial charge < -0.3 is 28.7 Å². The van der Waals surface area contributed by atoms with Gasteiger partial charge in [0.05, 0.1) is 30.3 Å². The van der Waals surface area contributed by atoms with Crippen LogP contribution in [0.4, 0.5) is 0 Å². The second-order valence-electron chi connectivity index (χ2n) is 21.6. The first-order valence-electron chi connectivity index (χ1n) is 26.5. The molecular weight excluding hydrogens is 881 g/mol. The molecule has 4 aliphatic carbocycles. The van der Waals surface area contributed by atoms with Gasteiger partial charge in [-0.05, 0) is 162 Å². The highest BCUT2D eigenvalue weighted by molar-refractivity contribution is 5.80. The Labute approximate surface area is 410 Å². The van der Waals surface area contributed by atoms with E-state index in [0.717, 1.165) is 115 Å². The summed E-state index contributed by atoms with van der Waals surface area (Å²) in [7, 11) is 4.22. The Bertz CT molecular complexity index is 1900. The van der Waals surface area contributed by atoms with Crippen molar-refractivity contribution < 1.29 is 47.7 Å². The van der Waals surface area contributed by atoms with Crippen LogP contribution in [-0.4, -0.2) is 134 Å². The van der Waals surface area contributed by atoms with E-state index in [1.165, 1.54) is 0 Å². The summed E-state index contributed by atoms with van der Waals surface area (Å²) in [5.41, 5.74) is 8.56. The van der Waals surface area contributed by atoms with Crippen molar-refractivity contribution in [3.63, 3.8) is 0 Å². The van der Waals surface area contributed by atoms with Gasteiger partial charge in [0, 0.05) is 88.4 Å². The number of nitrogens with zero attached hydrogens (tertiary/aromatic N) is 4. The van der Waals surface area contributed by atoms with Crippen molar-refractivity contribution in [1.82, 2.24) is 30.7 Å². The van der Waals surface area contributed by atoms with Gasteiger partial charge in [0.2, 0.25) is 0 Å². The molecule has 6 aliphatic rings. The number of likely N-dealkylation sites (N-methyl/N-ethyl adjacent to an activating group) is 2. The number of Topliss-reactive ketones (excluding diaryl/α,β-unsaturated/α-hetero) is 2. The van der Waals surface area contributed by atoms with Crippen molar-refractivity contribution in [1.29, 1.82) is 0 Å². The van der Waals surface area contributed by atoms with E-state index in [2.05, 4.69) is 44.8 Å². The van der Waals surface area contributed by atoms with Gasteiger partial charge in [0.15, 0.2) is 0 Å². The number of piperazine rings is 2. The van der Waals surface area contributed by atoms with Crippen LogP contribution < -0.4 is 20.3 Å². The minimum absolute atomic E-state index is 0.0530. The first-order valence-corrected chi connectivity index (χ1v) is 26.5. The van der Waals surface area contributed by atoms with E-state index in [-0.39, 0.29) is 88.9 Å². The topological polar surface area (TPSA) is 176 Å². The molecule has 1 atom stereocenters. The molecule has 16 heteroatoms. The summed E-state index contributed by atoms with van der Waals surface area (Å²) < 4.78 is 24.5. The minimum Gasteiger partial charge on any atom is -0.465 e. The lowest BCUT2D eigenvalue weighted by Gasteiger charge is -2.33. The van der Waals surface area contributed by atoms with Gasteiger partial charge in [0.1, 0.15) is 29.2 Å². The van der Waals surface area contributed by atoms with Crippen molar-refractivity contribution in [2.45, 2.75) is 143 Å². The third kappa shape index (κ3) is 15.4. The zero-order valence-electron chi connectivity index (χ0n) is 42.3. The van der Waals surface area contributed by atoms with E-state index in [4.69, 9.17) is 18.9 Å². The number of hydrogen-bond donors (Lipinski definition) is 2. The molecule has 16 nitrogen and oxygen atoms in total. The van der Waals surface area contributed by atoms with Crippen molar-refractivity contribution in [3.05, 3.63) is 23.3 Å². The van der Waals surface area contributed by atoms with Crippen LogP contribution in [0, 0.1) is 47.3 Å². The lowest BCUT2D eigenvalue weighted by molar-refractivity contribution is -0.159. The van der Waals surface area contributed by atoms with Crippen LogP contribution >= 0.6 is 0 Å². The average Bonchev–Trinajstić information content (AvgIpc) is 3.36. The van der Waals surface area contributed by atoms with Crippen LogP contribution in [0.2, 0.25) is 0 Å². The number of ketones is 2. The normalized spacial score (nSPS) is 29.3. The Balaban J connectivity index is 0.987. The Kier molecular flexibility index (Phi) is 19.6. The van der Waals surface area contributed by atoms with E-state index in [1.807, 2.05) is 19.1 Å². The molecule has 1 aromatic rings. The highest BCUT2D eigenvalue weighted by Crippen LogP contribution is 2.38. The smallest absolute Gasteiger partial charge is 0.314 e. The maximum Gasteiger partial charge on any atom is 0.314 e. The highest BCUT2D eigenvalue weighted by atomic mass is 16.6. The van der Waals surface area contributed by atoms with Gasteiger partial charge in [-0.1, -0.05) is 0 Å². The molecule has 2 aliphatic heterocycles. The zero-order valence-corrected chi connectivity index (χ0v) is 42.3. The first-order chi connectivity index (χ1) is 33.2. The van der Waals surface area contributed by atoms with E-state index in [0.29, 0.717) is 82.6 Å². The molecular formula is C53H82N6O10. The predicted molar refractivity (Wildman–Crippen MR) is 259 cm³/mol. The molecule has 0 radical (unpaired) electrons. The summed E-state index contributed by atoms with van der Waals surface area (Å²) in [5, 5.41) is 4.36. The molecule has 0 bridgehead atoms. The summed E-state index contributed by atoms with van der Waals surface area (Å²) in [6, 6.07) is 3.75. The third-order valence-electron chi connectivity index (χ3n) is 16.6. The van der Waals surface area contributed by atoms with Crippen LogP contribution in [0.15, 0.2) is 12.1 Å². The van der Waals surface area contributed by atoms with E-state index >= 15 is 0 Å². The van der Waals surface area contributed by atoms with Crippen LogP contribution in [0.25, 0.3) is 0 Å². The summed E-state index contributed by atoms with van der Waals surface area (Å²) in [6.45, 7) is 13.4. The highest BCUT2D eigenvalue weighted by Gasteiger charge is 2.36. The number of nitrogens with one attached hydrogen (secondary N) is 2. The second-order valence-corrected chi connectivity index (χ2v) is 21.6. The number of esters is 4. The Hall–Kier alpha value is -3.80. The number of ether oxygens (including phenoxy) is 4. The number of rotatable bonds is 18. The molecule has 7 rings (SSSR count). The maximum absolute atomic E-state index is 14.1. The van der Waals surface area contributed by atoms with Crippen LogP contribution in [-0.2, 0) is 51.3 Å². The van der Waals surface area contributed by atoms with Crippen molar-refractivity contribution in [3.8, 4) is 11.5 Å². The molecule has 6 fully saturated rings. The lowest BCUT2D eigenvalue weighted by atomic mass is 9.79. The summed E-state index contributed by atoms with van der Waals surface area (Å²) in [4.78, 5) is 82.4. The molecule has 384 valence electrons. The Morgan fingerprint density at radius 3 is 1.29 bits per heavy atom. The van der Waals surface area contributed by atoms with Gasteiger partial charge >= 0.3 is 23.9 Å². The first kappa shape index (κ1) is 53.0. The van der Waals surface area contributed by atoms with E-state index < -0.39 is 0 Å². The Morgan fingerprint density at radius 2 is 0.870 bits per heavy atom. The number of hydrogen-bond acceptors (Lipinski definition) is 16. The van der Waals surface area contributed by atoms with E-state index in [9.17, 15) is 28.8 Å². The number of carbonyl (C=O) groups is 6. The average molecular weight is 963 g/mol. The van der Waals surface area contributed by atoms with Crippen molar-refractivity contribution >= 4 is 35.4 Å². The predicted octanol–water partition coefficient (Wildman–Crippen LogP) is 5.88. The molecule has 4 saturated carbocycles. The molecule has 0 spiro atoms. The third-order valence-corrected chi connectivity index (χ3v) is 16.6. The van der Waals surface area contributed by atoms with Crippen LogP contribution in [0.5, 0.6) is 11.5 Å². The molecule has 0 amide bonds. The SMILES string of the molecule is CC(=O)C1CCC(C(=O)OCC2CCC(C(=O)Oc3cc(CNN4CCN(C)CC4)c(OC(=O)C4CCC(C(C)OC(=O)C5CCC(C(C)=O)CC5)CC4)cc3CNN3CCN(C)CC3)CC2)CC1. The summed E-state index contributed by atoms with van der Waals surface area (Å²) in [5.74, 6) is -0.0642. The standard InChI is InChI=1S/C53H82N6O10/c1-35(60)39-10-16-42(17-11-39)50(62)66-34-38-6-8-43(9-7-38)52(64)68-48-30-47(33-55-59-28-24-57(5)25-29-59)49(31-46(48)32-54-58-26-22-56(4)23-27-58)69-53(65)45-20-14-41(15-21-45)37(3)67-51(63)44-18-12-40(13-19-44)36(2)61/h30-31,37-45,54-55H,6-29,32-34H2,1-5H3. The summed E-state index contributed by atoms with van der Waals surface area (Å²) >= 11 is 0. The van der Waals surface area contributed by atoms with E-state index in [1.54, 1.807) is 13.8 Å². The number of hydrazine groups is 2. The lowest BCUT2D eigenvalue weighted by Crippen LogP contribution is -2.50. The summed E-state index contributed by atoms with van der Waals surface area (Å²) in [6.07, 6.45) is 11.0.